The average Bonchev–Trinajstić information content (AvgIpc) is 2.82. The molecule has 1 aromatic rings. The van der Waals surface area contributed by atoms with Crippen molar-refractivity contribution in [2.75, 3.05) is 12.3 Å². The van der Waals surface area contributed by atoms with Gasteiger partial charge in [0.15, 0.2) is 0 Å². The van der Waals surface area contributed by atoms with Gasteiger partial charge in [-0.2, -0.15) is 4.98 Å². The highest BCUT2D eigenvalue weighted by atomic mass is 31.3. The van der Waals surface area contributed by atoms with Gasteiger partial charge in [0.25, 0.3) is 15.6 Å². The topological polar surface area (TPSA) is 262 Å². The first kappa shape index (κ1) is 22.9. The van der Waals surface area contributed by atoms with Crippen LogP contribution >= 0.6 is 23.5 Å². The van der Waals surface area contributed by atoms with Gasteiger partial charge in [0.2, 0.25) is 6.23 Å². The fourth-order valence-corrected chi connectivity index (χ4v) is 4.71. The van der Waals surface area contributed by atoms with Crippen LogP contribution in [0.15, 0.2) is 28.9 Å². The summed E-state index contributed by atoms with van der Waals surface area (Å²) in [5, 5.41) is 9.88. The zero-order valence-corrected chi connectivity index (χ0v) is 15.9. The number of ether oxygens (including phenoxy) is 1. The summed E-state index contributed by atoms with van der Waals surface area (Å²) in [4.78, 5) is 58.0. The van der Waals surface area contributed by atoms with E-state index in [2.05, 4.69) is 18.1 Å². The summed E-state index contributed by atoms with van der Waals surface area (Å²) >= 11 is 0. The molecule has 1 aromatic heterocycles. The van der Waals surface area contributed by atoms with Crippen LogP contribution in [0.5, 0.6) is 0 Å². The maximum absolute atomic E-state index is 11.7. The fraction of sp³-hybridized carbons (Fsp3) is 0.333. The van der Waals surface area contributed by atoms with E-state index >= 15 is 0 Å². The van der Waals surface area contributed by atoms with Crippen molar-refractivity contribution in [2.45, 2.75) is 12.3 Å². The summed E-state index contributed by atoms with van der Waals surface area (Å²) in [6.45, 7) is -1.02. The molecule has 2 rings (SSSR count). The van der Waals surface area contributed by atoms with Gasteiger partial charge in [-0.15, -0.1) is 0 Å². The number of nitrogens with two attached hydrogens (primary N) is 1. The summed E-state index contributed by atoms with van der Waals surface area (Å²) in [6, 6.07) is 1.22. The van der Waals surface area contributed by atoms with Crippen LogP contribution < -0.4 is 31.0 Å². The van der Waals surface area contributed by atoms with Gasteiger partial charge in [0.1, 0.15) is 24.3 Å². The third-order valence-electron chi connectivity index (χ3n) is 2.81. The molecule has 0 aliphatic carbocycles. The molecule has 2 heterocycles. The maximum Gasteiger partial charge on any atom is 0.352 e. The van der Waals surface area contributed by atoms with Crippen molar-refractivity contribution in [2.24, 2.45) is 0 Å². The molecule has 4 atom stereocenters. The van der Waals surface area contributed by atoms with Gasteiger partial charge < -0.3 is 44.2 Å². The van der Waals surface area contributed by atoms with Crippen molar-refractivity contribution in [3.63, 3.8) is 0 Å². The van der Waals surface area contributed by atoms with Crippen LogP contribution in [0.4, 0.5) is 5.82 Å². The number of aromatic nitrogens is 2. The molecule has 0 aromatic carbocycles. The Morgan fingerprint density at radius 3 is 2.43 bits per heavy atom. The Balaban J connectivity index is 2.00. The third-order valence-corrected chi connectivity index (χ3v) is 6.46. The minimum Gasteiger partial charge on any atom is -0.790 e. The molecule has 0 saturated heterocycles. The Labute approximate surface area is 155 Å². The molecular formula is C9H10N3O13P3-4. The van der Waals surface area contributed by atoms with Crippen LogP contribution in [0, 0.1) is 0 Å². The van der Waals surface area contributed by atoms with E-state index in [1.807, 2.05) is 0 Å². The lowest BCUT2D eigenvalue weighted by atomic mass is 10.3. The quantitative estimate of drug-likeness (QED) is 0.354. The Bertz CT molecular complexity index is 969. The highest BCUT2D eigenvalue weighted by Gasteiger charge is 2.31. The van der Waals surface area contributed by atoms with Crippen molar-refractivity contribution in [1.29, 1.82) is 0 Å². The Morgan fingerprint density at radius 2 is 1.86 bits per heavy atom. The van der Waals surface area contributed by atoms with Gasteiger partial charge in [-0.1, -0.05) is 0 Å². The van der Waals surface area contributed by atoms with Gasteiger partial charge >= 0.3 is 5.69 Å². The minimum absolute atomic E-state index is 0.0975. The monoisotopic (exact) mass is 461 g/mol. The largest absolute Gasteiger partial charge is 0.790 e. The number of nitrogen functional groups attached to an aromatic ring is 1. The molecule has 0 spiro atoms. The molecule has 16 nitrogen and oxygen atoms in total. The normalized spacial score (nSPS) is 24.1. The first-order chi connectivity index (χ1) is 12.7. The van der Waals surface area contributed by atoms with Gasteiger partial charge in [0, 0.05) is 6.20 Å². The minimum atomic E-state index is -6.10. The summed E-state index contributed by atoms with van der Waals surface area (Å²) in [7, 11) is -17.9. The second kappa shape index (κ2) is 8.14. The van der Waals surface area contributed by atoms with Crippen LogP contribution in [-0.4, -0.2) is 27.4 Å². The summed E-state index contributed by atoms with van der Waals surface area (Å²) < 4.78 is 49.1. The van der Waals surface area contributed by atoms with Crippen LogP contribution in [-0.2, 0) is 31.6 Å². The van der Waals surface area contributed by atoms with Crippen molar-refractivity contribution in [3.05, 3.63) is 34.6 Å². The Kier molecular flexibility index (Phi) is 6.65. The summed E-state index contributed by atoms with van der Waals surface area (Å²) in [6.07, 6.45) is -0.724. The lowest BCUT2D eigenvalue weighted by Crippen LogP contribution is -2.32. The molecule has 0 saturated carbocycles. The SMILES string of the molecule is Nc1ccn([C@@H]2OC(COP(=O)([O-])OP(=O)([O-])OP(=O)([O-])[O-])=C[C@H]2O)c(=O)n1. The van der Waals surface area contributed by atoms with Crippen LogP contribution in [0.2, 0.25) is 0 Å². The van der Waals surface area contributed by atoms with Crippen LogP contribution in [0.1, 0.15) is 6.23 Å². The first-order valence-corrected chi connectivity index (χ1v) is 11.2. The number of aliphatic hydroxyl groups is 1. The lowest BCUT2D eigenvalue weighted by Gasteiger charge is -2.37. The number of aliphatic hydroxyl groups excluding tert-OH is 1. The van der Waals surface area contributed by atoms with Crippen LogP contribution in [0.25, 0.3) is 0 Å². The van der Waals surface area contributed by atoms with E-state index < -0.39 is 48.1 Å². The predicted molar refractivity (Wildman–Crippen MR) is 78.1 cm³/mol. The molecule has 1 aliphatic heterocycles. The number of hydrogen-bond donors (Lipinski definition) is 2. The molecule has 0 bridgehead atoms. The number of hydrogen-bond acceptors (Lipinski definition) is 15. The molecular weight excluding hydrogens is 451 g/mol. The summed E-state index contributed by atoms with van der Waals surface area (Å²) in [5.74, 6) is -0.458. The maximum atomic E-state index is 11.7. The van der Waals surface area contributed by atoms with E-state index in [9.17, 15) is 43.2 Å². The van der Waals surface area contributed by atoms with E-state index in [0.29, 0.717) is 0 Å². The molecule has 0 amide bonds. The van der Waals surface area contributed by atoms with Crippen LogP contribution in [0.3, 0.4) is 0 Å². The second-order valence-corrected chi connectivity index (χ2v) is 9.20. The van der Waals surface area contributed by atoms with Gasteiger partial charge in [-0.25, -0.2) is 9.11 Å². The third kappa shape index (κ3) is 6.58. The molecule has 0 radical (unpaired) electrons. The van der Waals surface area contributed by atoms with E-state index in [0.717, 1.165) is 16.8 Å². The molecule has 19 heteroatoms. The van der Waals surface area contributed by atoms with Crippen molar-refractivity contribution in [3.8, 4) is 0 Å². The second-order valence-electron chi connectivity index (χ2n) is 4.95. The number of phosphoric ester groups is 1. The van der Waals surface area contributed by atoms with E-state index in [1.54, 1.807) is 0 Å². The average molecular weight is 461 g/mol. The zero-order chi connectivity index (χ0) is 21.3. The standard InChI is InChI=1S/C9H14N3O13P3/c10-7-1-2-12(9(14)11-7)8-6(13)3-5(23-8)4-22-27(18,19)25-28(20,21)24-26(15,16)17/h1-3,6,8,13H,4H2,(H,18,19)(H,20,21)(H2,10,11,14)(H2,15,16,17)/p-4/t6-,8-/m1/s1. The number of rotatable bonds is 8. The molecule has 158 valence electrons. The molecule has 3 N–H and O–H groups in total. The smallest absolute Gasteiger partial charge is 0.352 e. The fourth-order valence-electron chi connectivity index (χ4n) is 1.89. The number of nitrogens with zero attached hydrogens (tertiary/aromatic N) is 2. The molecule has 0 fully saturated rings. The number of anilines is 1. The predicted octanol–water partition coefficient (Wildman–Crippen LogP) is -3.59. The van der Waals surface area contributed by atoms with Gasteiger partial charge in [0.05, 0.1) is 7.82 Å². The Hall–Kier alpha value is -1.41. The molecule has 1 aliphatic rings. The highest BCUT2D eigenvalue weighted by molar-refractivity contribution is 7.64. The van der Waals surface area contributed by atoms with Crippen molar-refractivity contribution in [1.82, 2.24) is 9.55 Å². The Morgan fingerprint density at radius 1 is 1.21 bits per heavy atom. The van der Waals surface area contributed by atoms with E-state index in [1.165, 1.54) is 6.07 Å². The molecule has 28 heavy (non-hydrogen) atoms. The summed E-state index contributed by atoms with van der Waals surface area (Å²) in [5.41, 5.74) is 4.43. The van der Waals surface area contributed by atoms with Crippen molar-refractivity contribution >= 4 is 29.3 Å². The van der Waals surface area contributed by atoms with Gasteiger partial charge in [-0.05, 0) is 12.1 Å². The lowest BCUT2D eigenvalue weighted by molar-refractivity contribution is -0.339. The zero-order valence-electron chi connectivity index (χ0n) is 13.3. The highest BCUT2D eigenvalue weighted by Crippen LogP contribution is 2.60. The van der Waals surface area contributed by atoms with E-state index in [-0.39, 0.29) is 11.6 Å². The van der Waals surface area contributed by atoms with Gasteiger partial charge in [-0.3, -0.25) is 18.0 Å². The van der Waals surface area contributed by atoms with Crippen molar-refractivity contribution < 1.29 is 56.3 Å². The van der Waals surface area contributed by atoms with E-state index in [4.69, 9.17) is 10.5 Å². The first-order valence-electron chi connectivity index (χ1n) is 6.79. The molecule has 2 unspecified atom stereocenters. The number of phosphoric acid groups is 3.